The van der Waals surface area contributed by atoms with E-state index < -0.39 is 0 Å². The van der Waals surface area contributed by atoms with Crippen molar-refractivity contribution in [2.45, 2.75) is 45.5 Å². The molecule has 19 heavy (non-hydrogen) atoms. The van der Waals surface area contributed by atoms with Crippen LogP contribution in [0.4, 0.5) is 0 Å². The molecule has 106 valence electrons. The Morgan fingerprint density at radius 3 is 2.84 bits per heavy atom. The summed E-state index contributed by atoms with van der Waals surface area (Å²) in [6.45, 7) is 8.35. The first-order valence-corrected chi connectivity index (χ1v) is 7.50. The van der Waals surface area contributed by atoms with Crippen molar-refractivity contribution in [2.24, 2.45) is 5.92 Å². The van der Waals surface area contributed by atoms with E-state index in [9.17, 15) is 4.79 Å². The summed E-state index contributed by atoms with van der Waals surface area (Å²) >= 11 is 6.28. The van der Waals surface area contributed by atoms with Crippen LogP contribution in [0.25, 0.3) is 0 Å². The van der Waals surface area contributed by atoms with E-state index in [-0.39, 0.29) is 11.3 Å². The second-order valence-electron chi connectivity index (χ2n) is 5.22. The second-order valence-corrected chi connectivity index (χ2v) is 5.78. The lowest BCUT2D eigenvalue weighted by Gasteiger charge is -2.33. The lowest BCUT2D eigenvalue weighted by molar-refractivity contribution is 0.0689. The number of nitrogens with zero attached hydrogens (tertiary/aromatic N) is 3. The quantitative estimate of drug-likeness (QED) is 0.800. The van der Waals surface area contributed by atoms with Gasteiger partial charge in [-0.2, -0.15) is 5.10 Å². The van der Waals surface area contributed by atoms with E-state index in [0.29, 0.717) is 18.2 Å². The highest BCUT2D eigenvalue weighted by Gasteiger charge is 2.29. The molecule has 1 amide bonds. The third-order valence-electron chi connectivity index (χ3n) is 3.87. The van der Waals surface area contributed by atoms with Crippen molar-refractivity contribution >= 4 is 17.5 Å². The van der Waals surface area contributed by atoms with Crippen LogP contribution in [0.3, 0.4) is 0 Å². The third kappa shape index (κ3) is 2.94. The molecule has 1 aliphatic heterocycles. The molecule has 1 fully saturated rings. The number of aromatic nitrogens is 2. The first-order chi connectivity index (χ1) is 9.06. The lowest BCUT2D eigenvalue weighted by Crippen LogP contribution is -2.44. The van der Waals surface area contributed by atoms with E-state index in [1.165, 1.54) is 0 Å². The predicted octanol–water partition coefficient (Wildman–Crippen LogP) is 2.55. The molecule has 2 heterocycles. The molecule has 5 heteroatoms. The zero-order valence-corrected chi connectivity index (χ0v) is 12.7. The molecule has 1 aliphatic rings. The molecule has 4 nitrogen and oxygen atoms in total. The molecule has 0 radical (unpaired) electrons. The topological polar surface area (TPSA) is 38.1 Å². The normalized spacial score (nSPS) is 23.7. The molecular formula is C14H22ClN3O. The molecule has 2 unspecified atom stereocenters. The monoisotopic (exact) mass is 283 g/mol. The van der Waals surface area contributed by atoms with Crippen LogP contribution in [0.15, 0.2) is 6.07 Å². The number of likely N-dealkylation sites (tertiary alicyclic amines) is 1. The maximum Gasteiger partial charge on any atom is 0.272 e. The highest BCUT2D eigenvalue weighted by molar-refractivity contribution is 6.21. The Kier molecular flexibility index (Phi) is 4.50. The molecule has 0 spiro atoms. The van der Waals surface area contributed by atoms with E-state index in [1.54, 1.807) is 4.68 Å². The summed E-state index contributed by atoms with van der Waals surface area (Å²) < 4.78 is 1.79. The summed E-state index contributed by atoms with van der Waals surface area (Å²) in [4.78, 5) is 14.4. The molecule has 2 atom stereocenters. The van der Waals surface area contributed by atoms with Gasteiger partial charge in [-0.15, -0.1) is 11.6 Å². The van der Waals surface area contributed by atoms with Crippen LogP contribution in [0.5, 0.6) is 0 Å². The van der Waals surface area contributed by atoms with Crippen LogP contribution >= 0.6 is 11.6 Å². The minimum absolute atomic E-state index is 0.0568. The minimum Gasteiger partial charge on any atom is -0.336 e. The highest BCUT2D eigenvalue weighted by Crippen LogP contribution is 2.23. The minimum atomic E-state index is 0.0568. The molecule has 0 saturated carbocycles. The van der Waals surface area contributed by atoms with Gasteiger partial charge in [-0.25, -0.2) is 0 Å². The Hall–Kier alpha value is -1.03. The number of carbonyl (C=O) groups excluding carboxylic acids is 1. The van der Waals surface area contributed by atoms with Crippen molar-refractivity contribution in [3.8, 4) is 0 Å². The maximum absolute atomic E-state index is 12.6. The number of hydrogen-bond donors (Lipinski definition) is 0. The van der Waals surface area contributed by atoms with Gasteiger partial charge in [0.25, 0.3) is 5.91 Å². The van der Waals surface area contributed by atoms with Gasteiger partial charge in [0, 0.05) is 19.6 Å². The van der Waals surface area contributed by atoms with Crippen molar-refractivity contribution in [2.75, 3.05) is 13.1 Å². The Morgan fingerprint density at radius 1 is 1.53 bits per heavy atom. The van der Waals surface area contributed by atoms with Gasteiger partial charge in [-0.05, 0) is 31.7 Å². The number of carbonyl (C=O) groups is 1. The highest BCUT2D eigenvalue weighted by atomic mass is 35.5. The van der Waals surface area contributed by atoms with Crippen molar-refractivity contribution in [1.29, 1.82) is 0 Å². The molecule has 0 aromatic carbocycles. The number of rotatable bonds is 3. The van der Waals surface area contributed by atoms with Gasteiger partial charge in [-0.1, -0.05) is 13.8 Å². The fourth-order valence-corrected chi connectivity index (χ4v) is 2.72. The van der Waals surface area contributed by atoms with E-state index >= 15 is 0 Å². The van der Waals surface area contributed by atoms with Crippen molar-refractivity contribution < 1.29 is 4.79 Å². The standard InChI is InChI=1S/C14H22ClN3O/c1-4-11-8-13(18(5-2)16-11)14(19)17-7-6-10(3)12(15)9-17/h8,10,12H,4-7,9H2,1-3H3. The molecule has 0 N–H and O–H groups in total. The zero-order chi connectivity index (χ0) is 14.0. The average Bonchev–Trinajstić information content (AvgIpc) is 2.84. The molecular weight excluding hydrogens is 262 g/mol. The molecule has 0 aliphatic carbocycles. The number of halogens is 1. The maximum atomic E-state index is 12.6. The lowest BCUT2D eigenvalue weighted by atomic mass is 9.98. The first-order valence-electron chi connectivity index (χ1n) is 7.06. The smallest absolute Gasteiger partial charge is 0.272 e. The Labute approximate surface area is 119 Å². The first kappa shape index (κ1) is 14.4. The summed E-state index contributed by atoms with van der Waals surface area (Å²) in [5.41, 5.74) is 1.66. The SMILES string of the molecule is CCc1cc(C(=O)N2CCC(C)C(Cl)C2)n(CC)n1. The summed E-state index contributed by atoms with van der Waals surface area (Å²) in [6.07, 6.45) is 1.82. The van der Waals surface area contributed by atoms with E-state index in [2.05, 4.69) is 12.0 Å². The van der Waals surface area contributed by atoms with Gasteiger partial charge in [0.15, 0.2) is 0 Å². The summed E-state index contributed by atoms with van der Waals surface area (Å²) in [7, 11) is 0. The number of piperidine rings is 1. The predicted molar refractivity (Wildman–Crippen MR) is 76.6 cm³/mol. The zero-order valence-electron chi connectivity index (χ0n) is 11.9. The van der Waals surface area contributed by atoms with Gasteiger partial charge >= 0.3 is 0 Å². The molecule has 1 aromatic rings. The van der Waals surface area contributed by atoms with Gasteiger partial charge in [0.2, 0.25) is 0 Å². The van der Waals surface area contributed by atoms with Crippen LogP contribution in [0.2, 0.25) is 0 Å². The summed E-state index contributed by atoms with van der Waals surface area (Å²) in [6, 6.07) is 1.91. The van der Waals surface area contributed by atoms with Crippen molar-refractivity contribution in [1.82, 2.24) is 14.7 Å². The third-order valence-corrected chi connectivity index (χ3v) is 4.43. The fourth-order valence-electron chi connectivity index (χ4n) is 2.42. The molecule has 1 aromatic heterocycles. The number of amides is 1. The Bertz CT molecular complexity index is 458. The van der Waals surface area contributed by atoms with Gasteiger partial charge in [-0.3, -0.25) is 9.48 Å². The van der Waals surface area contributed by atoms with Gasteiger partial charge in [0.1, 0.15) is 5.69 Å². The van der Waals surface area contributed by atoms with Crippen LogP contribution in [-0.4, -0.2) is 39.1 Å². The van der Waals surface area contributed by atoms with E-state index in [0.717, 1.165) is 31.6 Å². The summed E-state index contributed by atoms with van der Waals surface area (Å²) in [5.74, 6) is 0.541. The van der Waals surface area contributed by atoms with Crippen LogP contribution in [0.1, 0.15) is 43.4 Å². The summed E-state index contributed by atoms with van der Waals surface area (Å²) in [5, 5.41) is 4.49. The Balaban J connectivity index is 2.17. The van der Waals surface area contributed by atoms with Crippen molar-refractivity contribution in [3.05, 3.63) is 17.5 Å². The number of aryl methyl sites for hydroxylation is 2. The largest absolute Gasteiger partial charge is 0.336 e. The Morgan fingerprint density at radius 2 is 2.26 bits per heavy atom. The number of hydrogen-bond acceptors (Lipinski definition) is 2. The molecule has 2 rings (SSSR count). The van der Waals surface area contributed by atoms with Gasteiger partial charge < -0.3 is 4.90 Å². The fraction of sp³-hybridized carbons (Fsp3) is 0.714. The van der Waals surface area contributed by atoms with Crippen LogP contribution in [0, 0.1) is 5.92 Å². The van der Waals surface area contributed by atoms with Crippen LogP contribution < -0.4 is 0 Å². The number of alkyl halides is 1. The second kappa shape index (κ2) is 5.95. The van der Waals surface area contributed by atoms with Crippen LogP contribution in [-0.2, 0) is 13.0 Å². The van der Waals surface area contributed by atoms with E-state index in [1.807, 2.05) is 24.8 Å². The molecule has 0 bridgehead atoms. The average molecular weight is 284 g/mol. The molecule has 1 saturated heterocycles. The van der Waals surface area contributed by atoms with Crippen molar-refractivity contribution in [3.63, 3.8) is 0 Å². The van der Waals surface area contributed by atoms with E-state index in [4.69, 9.17) is 11.6 Å². The van der Waals surface area contributed by atoms with Gasteiger partial charge in [0.05, 0.1) is 11.1 Å².